The van der Waals surface area contributed by atoms with Crippen LogP contribution in [0.3, 0.4) is 0 Å². The topological polar surface area (TPSA) is 74.8 Å². The number of amides is 1. The summed E-state index contributed by atoms with van der Waals surface area (Å²) in [4.78, 5) is 14.4. The van der Waals surface area contributed by atoms with E-state index in [2.05, 4.69) is 41.4 Å². The van der Waals surface area contributed by atoms with Crippen LogP contribution in [0.15, 0.2) is 0 Å². The number of nitrogens with one attached hydrogen (secondary N) is 1. The Morgan fingerprint density at radius 3 is 2.85 bits per heavy atom. The van der Waals surface area contributed by atoms with E-state index in [1.807, 2.05) is 16.7 Å². The fourth-order valence-corrected chi connectivity index (χ4v) is 5.00. The predicted molar refractivity (Wildman–Crippen MR) is 76.9 cm³/mol. The lowest BCUT2D eigenvalue weighted by Crippen LogP contribution is -2.57. The molecule has 3 unspecified atom stereocenters. The second kappa shape index (κ2) is 5.02. The minimum Gasteiger partial charge on any atom is -0.318 e. The number of aromatic amines is 1. The lowest BCUT2D eigenvalue weighted by atomic mass is 9.88. The Kier molecular flexibility index (Phi) is 3.48. The number of H-pyrrole nitrogens is 1. The molecule has 1 N–H and O–H groups in total. The third kappa shape index (κ3) is 2.03. The van der Waals surface area contributed by atoms with Gasteiger partial charge in [-0.05, 0) is 20.3 Å². The molecule has 0 spiro atoms. The molecule has 3 heterocycles. The molecule has 0 aromatic carbocycles. The molecular weight excluding hydrogens is 274 g/mol. The maximum atomic E-state index is 12.5. The molecule has 2 aliphatic heterocycles. The number of β-lactam (4-membered cyclic amide) rings is 1. The van der Waals surface area contributed by atoms with E-state index in [-0.39, 0.29) is 28.0 Å². The van der Waals surface area contributed by atoms with Gasteiger partial charge in [-0.15, -0.1) is 22.0 Å². The standard InChI is InChI=1S/C13H21N5OS/c1-4-5-6-7-8-11(19)18-9(10-14-16-17-15-10)13(2,3)20-12(8)18/h8-9,12H,4-7H2,1-3H3,(H,14,15,16,17). The highest BCUT2D eigenvalue weighted by Crippen LogP contribution is 2.59. The molecule has 0 saturated carbocycles. The quantitative estimate of drug-likeness (QED) is 0.665. The van der Waals surface area contributed by atoms with Crippen LogP contribution in [-0.4, -0.2) is 41.6 Å². The number of hydrogen-bond donors (Lipinski definition) is 1. The van der Waals surface area contributed by atoms with Crippen LogP contribution in [0.25, 0.3) is 0 Å². The molecule has 7 heteroatoms. The zero-order valence-corrected chi connectivity index (χ0v) is 13.0. The fraction of sp³-hybridized carbons (Fsp3) is 0.846. The van der Waals surface area contributed by atoms with E-state index in [0.717, 1.165) is 12.8 Å². The van der Waals surface area contributed by atoms with Gasteiger partial charge < -0.3 is 4.90 Å². The molecule has 2 aliphatic rings. The Hall–Kier alpha value is -1.11. The van der Waals surface area contributed by atoms with E-state index in [1.54, 1.807) is 0 Å². The average molecular weight is 295 g/mol. The van der Waals surface area contributed by atoms with Crippen molar-refractivity contribution in [1.29, 1.82) is 0 Å². The number of carbonyl (C=O) groups excluding carboxylic acids is 1. The van der Waals surface area contributed by atoms with Gasteiger partial charge in [0.1, 0.15) is 6.04 Å². The predicted octanol–water partition coefficient (Wildman–Crippen LogP) is 2.13. The Balaban J connectivity index is 1.75. The first-order valence-electron chi connectivity index (χ1n) is 7.29. The highest BCUT2D eigenvalue weighted by Gasteiger charge is 2.62. The van der Waals surface area contributed by atoms with E-state index in [9.17, 15) is 4.79 Å². The molecule has 1 aromatic rings. The molecule has 0 bridgehead atoms. The van der Waals surface area contributed by atoms with Crippen molar-refractivity contribution in [2.45, 2.75) is 62.6 Å². The van der Waals surface area contributed by atoms with Gasteiger partial charge in [0.2, 0.25) is 5.91 Å². The maximum Gasteiger partial charge on any atom is 0.230 e. The molecule has 0 aliphatic carbocycles. The summed E-state index contributed by atoms with van der Waals surface area (Å²) in [5, 5.41) is 14.6. The van der Waals surface area contributed by atoms with Crippen molar-refractivity contribution in [3.8, 4) is 0 Å². The van der Waals surface area contributed by atoms with Crippen LogP contribution >= 0.6 is 11.8 Å². The lowest BCUT2D eigenvalue weighted by Gasteiger charge is -2.44. The summed E-state index contributed by atoms with van der Waals surface area (Å²) in [5.74, 6) is 1.08. The highest BCUT2D eigenvalue weighted by atomic mass is 32.2. The molecular formula is C13H21N5OS. The average Bonchev–Trinajstić information content (AvgIpc) is 2.99. The van der Waals surface area contributed by atoms with Gasteiger partial charge in [-0.25, -0.2) is 0 Å². The maximum absolute atomic E-state index is 12.5. The van der Waals surface area contributed by atoms with Crippen LogP contribution in [0.2, 0.25) is 0 Å². The zero-order chi connectivity index (χ0) is 14.3. The van der Waals surface area contributed by atoms with Gasteiger partial charge in [-0.2, -0.15) is 5.21 Å². The molecule has 1 aromatic heterocycles. The summed E-state index contributed by atoms with van der Waals surface area (Å²) in [6.07, 6.45) is 4.55. The Bertz CT molecular complexity index is 489. The number of carbonyl (C=O) groups is 1. The first-order valence-corrected chi connectivity index (χ1v) is 8.17. The number of aromatic nitrogens is 4. The Morgan fingerprint density at radius 2 is 2.20 bits per heavy atom. The van der Waals surface area contributed by atoms with Gasteiger partial charge in [-0.1, -0.05) is 31.4 Å². The van der Waals surface area contributed by atoms with Crippen molar-refractivity contribution in [3.05, 3.63) is 5.82 Å². The van der Waals surface area contributed by atoms with E-state index < -0.39 is 0 Å². The molecule has 6 nitrogen and oxygen atoms in total. The van der Waals surface area contributed by atoms with Gasteiger partial charge in [0.15, 0.2) is 5.82 Å². The monoisotopic (exact) mass is 295 g/mol. The van der Waals surface area contributed by atoms with E-state index in [1.165, 1.54) is 12.8 Å². The summed E-state index contributed by atoms with van der Waals surface area (Å²) in [5.41, 5.74) is 0. The van der Waals surface area contributed by atoms with Crippen molar-refractivity contribution in [2.24, 2.45) is 5.92 Å². The third-order valence-electron chi connectivity index (χ3n) is 4.28. The van der Waals surface area contributed by atoms with Crippen LogP contribution < -0.4 is 0 Å². The molecule has 2 fully saturated rings. The second-order valence-corrected chi connectivity index (χ2v) is 7.90. The minimum atomic E-state index is -0.0658. The van der Waals surface area contributed by atoms with Crippen molar-refractivity contribution >= 4 is 17.7 Å². The summed E-state index contributed by atoms with van der Waals surface area (Å²) >= 11 is 1.88. The van der Waals surface area contributed by atoms with Crippen LogP contribution in [-0.2, 0) is 4.79 Å². The normalized spacial score (nSPS) is 31.2. The smallest absolute Gasteiger partial charge is 0.230 e. The van der Waals surface area contributed by atoms with Crippen molar-refractivity contribution < 1.29 is 4.79 Å². The summed E-state index contributed by atoms with van der Waals surface area (Å²) in [6, 6.07) is -0.0637. The first-order chi connectivity index (χ1) is 9.56. The van der Waals surface area contributed by atoms with E-state index >= 15 is 0 Å². The van der Waals surface area contributed by atoms with Gasteiger partial charge in [-0.3, -0.25) is 4.79 Å². The van der Waals surface area contributed by atoms with Crippen LogP contribution in [0.1, 0.15) is 58.3 Å². The summed E-state index contributed by atoms with van der Waals surface area (Å²) in [6.45, 7) is 6.51. The van der Waals surface area contributed by atoms with E-state index in [4.69, 9.17) is 0 Å². The molecule has 3 rings (SSSR count). The number of unbranched alkanes of at least 4 members (excludes halogenated alkanes) is 2. The number of tetrazole rings is 1. The van der Waals surface area contributed by atoms with Crippen LogP contribution in [0.4, 0.5) is 0 Å². The molecule has 3 atom stereocenters. The fourth-order valence-electron chi connectivity index (χ4n) is 3.28. The molecule has 20 heavy (non-hydrogen) atoms. The van der Waals surface area contributed by atoms with Gasteiger partial charge in [0, 0.05) is 4.75 Å². The van der Waals surface area contributed by atoms with Crippen molar-refractivity contribution in [3.63, 3.8) is 0 Å². The Morgan fingerprint density at radius 1 is 1.40 bits per heavy atom. The Labute approximate surface area is 123 Å². The number of fused-ring (bicyclic) bond motifs is 1. The number of thioether (sulfide) groups is 1. The van der Waals surface area contributed by atoms with Gasteiger partial charge in [0.25, 0.3) is 0 Å². The molecule has 1 amide bonds. The summed E-state index contributed by atoms with van der Waals surface area (Å²) < 4.78 is -0.0658. The second-order valence-electron chi connectivity index (χ2n) is 6.13. The molecule has 2 saturated heterocycles. The van der Waals surface area contributed by atoms with E-state index in [0.29, 0.717) is 5.82 Å². The van der Waals surface area contributed by atoms with Crippen molar-refractivity contribution in [1.82, 2.24) is 25.5 Å². The third-order valence-corrected chi connectivity index (χ3v) is 5.90. The summed E-state index contributed by atoms with van der Waals surface area (Å²) in [7, 11) is 0. The molecule has 0 radical (unpaired) electrons. The minimum absolute atomic E-state index is 0.0637. The number of hydrogen-bond acceptors (Lipinski definition) is 5. The van der Waals surface area contributed by atoms with Crippen molar-refractivity contribution in [2.75, 3.05) is 0 Å². The SMILES string of the molecule is CCCCCC1C(=O)N2C1SC(C)(C)C2c1nn[nH]n1. The van der Waals surface area contributed by atoms with Crippen LogP contribution in [0, 0.1) is 5.92 Å². The molecule has 110 valence electrons. The lowest BCUT2D eigenvalue weighted by molar-refractivity contribution is -0.154. The zero-order valence-electron chi connectivity index (χ0n) is 12.2. The van der Waals surface area contributed by atoms with Gasteiger partial charge in [0.05, 0.1) is 11.3 Å². The van der Waals surface area contributed by atoms with Gasteiger partial charge >= 0.3 is 0 Å². The number of rotatable bonds is 5. The first kappa shape index (κ1) is 13.9. The number of nitrogens with zero attached hydrogens (tertiary/aromatic N) is 4. The largest absolute Gasteiger partial charge is 0.318 e. The van der Waals surface area contributed by atoms with Crippen LogP contribution in [0.5, 0.6) is 0 Å². The highest BCUT2D eigenvalue weighted by molar-refractivity contribution is 8.01.